The Labute approximate surface area is 104 Å². The Hall–Kier alpha value is -2.61. The van der Waals surface area contributed by atoms with Crippen molar-refractivity contribution >= 4 is 23.6 Å². The van der Waals surface area contributed by atoms with E-state index in [2.05, 4.69) is 5.32 Å². The first-order chi connectivity index (χ1) is 8.56. The number of anilines is 1. The molecule has 5 heteroatoms. The van der Waals surface area contributed by atoms with Crippen molar-refractivity contribution in [3.8, 4) is 6.07 Å². The normalized spacial score (nSPS) is 10.6. The third kappa shape index (κ3) is 3.76. The molecule has 0 saturated carbocycles. The highest BCUT2D eigenvalue weighted by Gasteiger charge is 2.05. The maximum Gasteiger partial charge on any atom is 0.346 e. The summed E-state index contributed by atoms with van der Waals surface area (Å²) in [6.45, 7) is 1.75. The first kappa shape index (κ1) is 13.5. The van der Waals surface area contributed by atoms with Crippen molar-refractivity contribution in [2.24, 2.45) is 0 Å². The van der Waals surface area contributed by atoms with Crippen LogP contribution < -0.4 is 5.32 Å². The average molecular weight is 244 g/mol. The first-order valence-corrected chi connectivity index (χ1v) is 5.31. The fourth-order valence-corrected chi connectivity index (χ4v) is 1.22. The van der Waals surface area contributed by atoms with Crippen LogP contribution >= 0.6 is 0 Å². The minimum atomic E-state index is -1.26. The molecular weight excluding hydrogens is 232 g/mol. The Kier molecular flexibility index (Phi) is 4.64. The van der Waals surface area contributed by atoms with E-state index in [1.165, 1.54) is 6.08 Å². The van der Waals surface area contributed by atoms with E-state index in [0.29, 0.717) is 17.7 Å². The van der Waals surface area contributed by atoms with E-state index >= 15 is 0 Å². The molecule has 1 aromatic rings. The van der Waals surface area contributed by atoms with Crippen molar-refractivity contribution in [2.45, 2.75) is 13.3 Å². The smallest absolute Gasteiger partial charge is 0.346 e. The summed E-state index contributed by atoms with van der Waals surface area (Å²) in [5.41, 5.74) is 0.886. The van der Waals surface area contributed by atoms with Crippen LogP contribution in [0.1, 0.15) is 18.9 Å². The van der Waals surface area contributed by atoms with E-state index in [0.717, 1.165) is 0 Å². The number of benzene rings is 1. The van der Waals surface area contributed by atoms with Gasteiger partial charge in [-0.25, -0.2) is 4.79 Å². The topological polar surface area (TPSA) is 90.2 Å². The molecule has 5 nitrogen and oxygen atoms in total. The minimum Gasteiger partial charge on any atom is -0.477 e. The molecular formula is C13H12N2O3. The van der Waals surface area contributed by atoms with Crippen molar-refractivity contribution in [2.75, 3.05) is 5.32 Å². The average Bonchev–Trinajstić information content (AvgIpc) is 2.37. The molecule has 0 aliphatic heterocycles. The molecule has 0 saturated heterocycles. The molecule has 0 aromatic heterocycles. The SMILES string of the molecule is CCC(=O)Nc1ccc(C=C(C#N)C(=O)O)cc1. The van der Waals surface area contributed by atoms with Gasteiger partial charge in [0.05, 0.1) is 0 Å². The maximum atomic E-state index is 11.1. The van der Waals surface area contributed by atoms with Crippen LogP contribution in [0.15, 0.2) is 29.8 Å². The molecule has 2 N–H and O–H groups in total. The minimum absolute atomic E-state index is 0.0958. The number of rotatable bonds is 4. The van der Waals surface area contributed by atoms with Gasteiger partial charge in [-0.1, -0.05) is 19.1 Å². The molecule has 1 rings (SSSR count). The van der Waals surface area contributed by atoms with Crippen LogP contribution in [0.5, 0.6) is 0 Å². The van der Waals surface area contributed by atoms with Crippen LogP contribution in [0, 0.1) is 11.3 Å². The fourth-order valence-electron chi connectivity index (χ4n) is 1.22. The van der Waals surface area contributed by atoms with Gasteiger partial charge >= 0.3 is 5.97 Å². The molecule has 92 valence electrons. The number of nitrogens with zero attached hydrogens (tertiary/aromatic N) is 1. The predicted octanol–water partition coefficient (Wildman–Crippen LogP) is 2.03. The third-order valence-electron chi connectivity index (χ3n) is 2.18. The second kappa shape index (κ2) is 6.21. The highest BCUT2D eigenvalue weighted by molar-refractivity contribution is 5.96. The van der Waals surface area contributed by atoms with Crippen molar-refractivity contribution in [1.82, 2.24) is 0 Å². The largest absolute Gasteiger partial charge is 0.477 e. The number of amides is 1. The summed E-state index contributed by atoms with van der Waals surface area (Å²) < 4.78 is 0. The van der Waals surface area contributed by atoms with Crippen molar-refractivity contribution in [3.63, 3.8) is 0 Å². The fraction of sp³-hybridized carbons (Fsp3) is 0.154. The van der Waals surface area contributed by atoms with Crippen LogP contribution in [0.4, 0.5) is 5.69 Å². The zero-order valence-electron chi connectivity index (χ0n) is 9.80. The molecule has 0 spiro atoms. The van der Waals surface area contributed by atoms with Crippen LogP contribution in [-0.4, -0.2) is 17.0 Å². The van der Waals surface area contributed by atoms with E-state index in [9.17, 15) is 9.59 Å². The molecule has 0 unspecified atom stereocenters. The standard InChI is InChI=1S/C13H12N2O3/c1-2-12(16)15-11-5-3-9(4-6-11)7-10(8-14)13(17)18/h3-7H,2H2,1H3,(H,15,16)(H,17,18). The number of aliphatic carboxylic acids is 1. The van der Waals surface area contributed by atoms with Gasteiger partial charge in [-0.15, -0.1) is 0 Å². The zero-order chi connectivity index (χ0) is 13.5. The zero-order valence-corrected chi connectivity index (χ0v) is 9.80. The van der Waals surface area contributed by atoms with E-state index in [-0.39, 0.29) is 11.5 Å². The lowest BCUT2D eigenvalue weighted by Crippen LogP contribution is -2.09. The van der Waals surface area contributed by atoms with Gasteiger partial charge in [-0.3, -0.25) is 4.79 Å². The Balaban J connectivity index is 2.87. The Morgan fingerprint density at radius 3 is 2.44 bits per heavy atom. The summed E-state index contributed by atoms with van der Waals surface area (Å²) in [5, 5.41) is 20.0. The van der Waals surface area contributed by atoms with E-state index in [1.807, 2.05) is 0 Å². The van der Waals surface area contributed by atoms with E-state index in [1.54, 1.807) is 37.3 Å². The lowest BCUT2D eigenvalue weighted by Gasteiger charge is -2.03. The molecule has 0 aliphatic rings. The number of nitriles is 1. The number of carboxylic acid groups (broad SMARTS) is 1. The third-order valence-corrected chi connectivity index (χ3v) is 2.18. The van der Waals surface area contributed by atoms with Gasteiger partial charge in [0.15, 0.2) is 0 Å². The van der Waals surface area contributed by atoms with Gasteiger partial charge in [0.1, 0.15) is 11.6 Å². The van der Waals surface area contributed by atoms with Gasteiger partial charge in [0.25, 0.3) is 0 Å². The van der Waals surface area contributed by atoms with E-state index in [4.69, 9.17) is 10.4 Å². The summed E-state index contributed by atoms with van der Waals surface area (Å²) >= 11 is 0. The van der Waals surface area contributed by atoms with Crippen molar-refractivity contribution < 1.29 is 14.7 Å². The number of hydrogen-bond acceptors (Lipinski definition) is 3. The van der Waals surface area contributed by atoms with Crippen molar-refractivity contribution in [3.05, 3.63) is 35.4 Å². The molecule has 18 heavy (non-hydrogen) atoms. The van der Waals surface area contributed by atoms with Crippen LogP contribution in [0.2, 0.25) is 0 Å². The van der Waals surface area contributed by atoms with Gasteiger partial charge in [-0.05, 0) is 23.8 Å². The summed E-state index contributed by atoms with van der Waals surface area (Å²) in [4.78, 5) is 21.8. The molecule has 0 fully saturated rings. The lowest BCUT2D eigenvalue weighted by molar-refractivity contribution is -0.132. The van der Waals surface area contributed by atoms with E-state index < -0.39 is 5.97 Å². The quantitative estimate of drug-likeness (QED) is 0.626. The number of hydrogen-bond donors (Lipinski definition) is 2. The molecule has 1 amide bonds. The van der Waals surface area contributed by atoms with Gasteiger partial charge in [0.2, 0.25) is 5.91 Å². The number of carbonyl (C=O) groups is 2. The molecule has 1 aromatic carbocycles. The Morgan fingerprint density at radius 2 is 2.00 bits per heavy atom. The summed E-state index contributed by atoms with van der Waals surface area (Å²) in [6, 6.07) is 8.16. The van der Waals surface area contributed by atoms with Crippen LogP contribution in [0.25, 0.3) is 6.08 Å². The maximum absolute atomic E-state index is 11.1. The highest BCUT2D eigenvalue weighted by Crippen LogP contribution is 2.12. The molecule has 0 bridgehead atoms. The van der Waals surface area contributed by atoms with Crippen molar-refractivity contribution in [1.29, 1.82) is 5.26 Å². The number of nitrogens with one attached hydrogen (secondary N) is 1. The summed E-state index contributed by atoms with van der Waals surface area (Å²) in [6.07, 6.45) is 1.66. The highest BCUT2D eigenvalue weighted by atomic mass is 16.4. The molecule has 0 radical (unpaired) electrons. The Bertz CT molecular complexity index is 524. The monoisotopic (exact) mass is 244 g/mol. The van der Waals surface area contributed by atoms with Gasteiger partial charge in [0, 0.05) is 12.1 Å². The number of carbonyl (C=O) groups excluding carboxylic acids is 1. The molecule has 0 heterocycles. The number of carboxylic acids is 1. The molecule has 0 aliphatic carbocycles. The second-order valence-electron chi connectivity index (χ2n) is 3.50. The molecule has 0 atom stereocenters. The lowest BCUT2D eigenvalue weighted by atomic mass is 10.1. The van der Waals surface area contributed by atoms with Crippen LogP contribution in [-0.2, 0) is 9.59 Å². The first-order valence-electron chi connectivity index (χ1n) is 5.31. The van der Waals surface area contributed by atoms with Gasteiger partial charge < -0.3 is 10.4 Å². The van der Waals surface area contributed by atoms with Gasteiger partial charge in [-0.2, -0.15) is 5.26 Å². The summed E-state index contributed by atoms with van der Waals surface area (Å²) in [5.74, 6) is -1.36. The summed E-state index contributed by atoms with van der Waals surface area (Å²) in [7, 11) is 0. The second-order valence-corrected chi connectivity index (χ2v) is 3.50. The van der Waals surface area contributed by atoms with Crippen LogP contribution in [0.3, 0.4) is 0 Å². The predicted molar refractivity (Wildman–Crippen MR) is 66.6 cm³/mol. The Morgan fingerprint density at radius 1 is 1.39 bits per heavy atom.